The van der Waals surface area contributed by atoms with Crippen LogP contribution < -0.4 is 5.73 Å². The van der Waals surface area contributed by atoms with Crippen LogP contribution in [0, 0.1) is 17.7 Å². The second-order valence-corrected chi connectivity index (χ2v) is 5.91. The average molecular weight is 262 g/mol. The molecule has 1 heterocycles. The van der Waals surface area contributed by atoms with E-state index in [0.717, 1.165) is 37.3 Å². The van der Waals surface area contributed by atoms with Crippen molar-refractivity contribution in [3.63, 3.8) is 0 Å². The van der Waals surface area contributed by atoms with Crippen molar-refractivity contribution in [1.82, 2.24) is 9.88 Å². The van der Waals surface area contributed by atoms with Gasteiger partial charge in [-0.3, -0.25) is 10.4 Å². The summed E-state index contributed by atoms with van der Waals surface area (Å²) in [5.41, 5.74) is 7.56. The summed E-state index contributed by atoms with van der Waals surface area (Å²) < 4.78 is 0. The Balaban J connectivity index is 2.36. The van der Waals surface area contributed by atoms with Crippen molar-refractivity contribution in [2.24, 2.45) is 11.1 Å². The number of pyridine rings is 1. The molecule has 0 aliphatic carbocycles. The third-order valence-corrected chi connectivity index (χ3v) is 3.45. The first-order valence-electron chi connectivity index (χ1n) is 6.77. The van der Waals surface area contributed by atoms with E-state index >= 15 is 0 Å². The fourth-order valence-electron chi connectivity index (χ4n) is 1.97. The smallest absolute Gasteiger partial charge is 0.0963 e. The molecule has 1 aromatic rings. The van der Waals surface area contributed by atoms with Gasteiger partial charge in [0, 0.05) is 17.7 Å². The van der Waals surface area contributed by atoms with E-state index < -0.39 is 0 Å². The highest BCUT2D eigenvalue weighted by Crippen LogP contribution is 2.21. The maximum Gasteiger partial charge on any atom is 0.0963 e. The van der Waals surface area contributed by atoms with Gasteiger partial charge < -0.3 is 10.6 Å². The predicted molar refractivity (Wildman–Crippen MR) is 80.2 cm³/mol. The van der Waals surface area contributed by atoms with Gasteiger partial charge in [-0.05, 0) is 45.5 Å². The van der Waals surface area contributed by atoms with Crippen LogP contribution in [-0.4, -0.2) is 29.3 Å². The molecular formula is C15H26N4. The first-order chi connectivity index (χ1) is 8.81. The molecular weight excluding hydrogens is 236 g/mol. The summed E-state index contributed by atoms with van der Waals surface area (Å²) in [7, 11) is 2.10. The molecule has 0 aromatic carbocycles. The lowest BCUT2D eigenvalue weighted by molar-refractivity contribution is 0.297. The van der Waals surface area contributed by atoms with E-state index in [1.54, 1.807) is 0 Å². The fourth-order valence-corrected chi connectivity index (χ4v) is 1.97. The van der Waals surface area contributed by atoms with Crippen molar-refractivity contribution in [2.45, 2.75) is 40.2 Å². The summed E-state index contributed by atoms with van der Waals surface area (Å²) >= 11 is 0. The van der Waals surface area contributed by atoms with Crippen molar-refractivity contribution in [3.05, 3.63) is 29.6 Å². The van der Waals surface area contributed by atoms with E-state index in [-0.39, 0.29) is 11.3 Å². The zero-order valence-corrected chi connectivity index (χ0v) is 12.5. The molecule has 0 atom stereocenters. The molecule has 0 aliphatic heterocycles. The first kappa shape index (κ1) is 15.6. The predicted octanol–water partition coefficient (Wildman–Crippen LogP) is 2.56. The summed E-state index contributed by atoms with van der Waals surface area (Å²) in [4.78, 5) is 6.76. The van der Waals surface area contributed by atoms with E-state index in [1.165, 1.54) is 0 Å². The lowest BCUT2D eigenvalue weighted by Crippen LogP contribution is -2.31. The SMILES string of the molecule is Cc1cccc(CN(C)CCCC(C)(C)C(=N)N)n1. The zero-order valence-electron chi connectivity index (χ0n) is 12.5. The van der Waals surface area contributed by atoms with Crippen LogP contribution in [0.3, 0.4) is 0 Å². The highest BCUT2D eigenvalue weighted by molar-refractivity contribution is 5.82. The Morgan fingerprint density at radius 1 is 1.42 bits per heavy atom. The van der Waals surface area contributed by atoms with Gasteiger partial charge >= 0.3 is 0 Å². The number of hydrogen-bond donors (Lipinski definition) is 2. The van der Waals surface area contributed by atoms with Gasteiger partial charge in [-0.2, -0.15) is 0 Å². The number of nitrogens with one attached hydrogen (secondary N) is 1. The monoisotopic (exact) mass is 262 g/mol. The number of amidine groups is 1. The number of nitrogens with zero attached hydrogens (tertiary/aromatic N) is 2. The van der Waals surface area contributed by atoms with Crippen molar-refractivity contribution in [3.8, 4) is 0 Å². The summed E-state index contributed by atoms with van der Waals surface area (Å²) in [5.74, 6) is 0.274. The van der Waals surface area contributed by atoms with Crippen LogP contribution >= 0.6 is 0 Å². The second-order valence-electron chi connectivity index (χ2n) is 5.91. The fraction of sp³-hybridized carbons (Fsp3) is 0.600. The third-order valence-electron chi connectivity index (χ3n) is 3.45. The Kier molecular flexibility index (Phi) is 5.48. The second kappa shape index (κ2) is 6.66. The third kappa shape index (κ3) is 5.39. The molecule has 0 amide bonds. The van der Waals surface area contributed by atoms with Gasteiger partial charge in [0.1, 0.15) is 0 Å². The van der Waals surface area contributed by atoms with Crippen LogP contribution in [0.1, 0.15) is 38.1 Å². The summed E-state index contributed by atoms with van der Waals surface area (Å²) in [6.45, 7) is 7.92. The Morgan fingerprint density at radius 3 is 2.68 bits per heavy atom. The van der Waals surface area contributed by atoms with E-state index in [2.05, 4.69) is 23.0 Å². The number of hydrogen-bond acceptors (Lipinski definition) is 3. The van der Waals surface area contributed by atoms with Crippen LogP contribution in [0.4, 0.5) is 0 Å². The van der Waals surface area contributed by atoms with E-state index in [9.17, 15) is 0 Å². The Hall–Kier alpha value is -1.42. The molecule has 19 heavy (non-hydrogen) atoms. The molecule has 0 saturated carbocycles. The molecule has 106 valence electrons. The van der Waals surface area contributed by atoms with Gasteiger partial charge in [0.25, 0.3) is 0 Å². The van der Waals surface area contributed by atoms with Crippen molar-refractivity contribution < 1.29 is 0 Å². The molecule has 1 rings (SSSR count). The van der Waals surface area contributed by atoms with Crippen LogP contribution in [0.5, 0.6) is 0 Å². The van der Waals surface area contributed by atoms with Gasteiger partial charge in [0.2, 0.25) is 0 Å². The van der Waals surface area contributed by atoms with Gasteiger partial charge in [0.05, 0.1) is 11.5 Å². The molecule has 0 bridgehead atoms. The standard InChI is InChI=1S/C15H26N4/c1-12-7-5-8-13(18-12)11-19(4)10-6-9-15(2,3)14(16)17/h5,7-8H,6,9-11H2,1-4H3,(H3,16,17). The van der Waals surface area contributed by atoms with Gasteiger partial charge in [-0.25, -0.2) is 0 Å². The first-order valence-corrected chi connectivity index (χ1v) is 6.77. The Labute approximate surface area is 116 Å². The van der Waals surface area contributed by atoms with Crippen molar-refractivity contribution in [2.75, 3.05) is 13.6 Å². The average Bonchev–Trinajstić information content (AvgIpc) is 2.28. The Bertz CT molecular complexity index is 426. The van der Waals surface area contributed by atoms with Crippen LogP contribution in [0.2, 0.25) is 0 Å². The largest absolute Gasteiger partial charge is 0.387 e. The number of aromatic nitrogens is 1. The lowest BCUT2D eigenvalue weighted by atomic mass is 9.86. The number of rotatable bonds is 7. The Morgan fingerprint density at radius 2 is 2.11 bits per heavy atom. The minimum Gasteiger partial charge on any atom is -0.387 e. The number of nitrogens with two attached hydrogens (primary N) is 1. The molecule has 0 fully saturated rings. The van der Waals surface area contributed by atoms with Crippen molar-refractivity contribution >= 4 is 5.84 Å². The molecule has 4 nitrogen and oxygen atoms in total. The van der Waals surface area contributed by atoms with Crippen molar-refractivity contribution in [1.29, 1.82) is 5.41 Å². The summed E-state index contributed by atoms with van der Waals surface area (Å²) in [6.07, 6.45) is 1.98. The van der Waals surface area contributed by atoms with Crippen LogP contribution in [0.15, 0.2) is 18.2 Å². The quantitative estimate of drug-likeness (QED) is 0.586. The minimum absolute atomic E-state index is 0.192. The topological polar surface area (TPSA) is 66.0 Å². The van der Waals surface area contributed by atoms with Crippen LogP contribution in [-0.2, 0) is 6.54 Å². The zero-order chi connectivity index (χ0) is 14.5. The molecule has 0 saturated heterocycles. The van der Waals surface area contributed by atoms with Gasteiger partial charge in [-0.1, -0.05) is 19.9 Å². The lowest BCUT2D eigenvalue weighted by Gasteiger charge is -2.24. The summed E-state index contributed by atoms with van der Waals surface area (Å²) in [6, 6.07) is 6.12. The van der Waals surface area contributed by atoms with E-state index in [0.29, 0.717) is 0 Å². The molecule has 3 N–H and O–H groups in total. The normalized spacial score (nSPS) is 11.8. The maximum atomic E-state index is 7.54. The molecule has 4 heteroatoms. The maximum absolute atomic E-state index is 7.54. The molecule has 0 aliphatic rings. The van der Waals surface area contributed by atoms with E-state index in [4.69, 9.17) is 11.1 Å². The number of aryl methyl sites for hydroxylation is 1. The highest BCUT2D eigenvalue weighted by Gasteiger charge is 2.20. The van der Waals surface area contributed by atoms with Gasteiger partial charge in [-0.15, -0.1) is 0 Å². The minimum atomic E-state index is -0.192. The van der Waals surface area contributed by atoms with Gasteiger partial charge in [0.15, 0.2) is 0 Å². The molecule has 1 aromatic heterocycles. The molecule has 0 radical (unpaired) electrons. The molecule has 0 unspecified atom stereocenters. The summed E-state index contributed by atoms with van der Waals surface area (Å²) in [5, 5.41) is 7.54. The molecule has 0 spiro atoms. The van der Waals surface area contributed by atoms with E-state index in [1.807, 2.05) is 32.9 Å². The van der Waals surface area contributed by atoms with Crippen LogP contribution in [0.25, 0.3) is 0 Å². The highest BCUT2D eigenvalue weighted by atomic mass is 15.1.